The molecule has 3 aromatic rings. The van der Waals surface area contributed by atoms with Gasteiger partial charge in [0.15, 0.2) is 0 Å². The Morgan fingerprint density at radius 2 is 1.80 bits per heavy atom. The lowest BCUT2D eigenvalue weighted by molar-refractivity contribution is -0.115. The highest BCUT2D eigenvalue weighted by Crippen LogP contribution is 2.43. The third kappa shape index (κ3) is 4.16. The average Bonchev–Trinajstić information content (AvgIpc) is 3.12. The fourth-order valence-corrected chi connectivity index (χ4v) is 5.06. The fourth-order valence-electron chi connectivity index (χ4n) is 3.49. The normalized spacial score (nSPS) is 16.0. The van der Waals surface area contributed by atoms with Crippen LogP contribution < -0.4 is 10.2 Å². The number of carbonyl (C=O) groups excluding carboxylic acids is 2. The minimum absolute atomic E-state index is 0.0761. The standard InChI is InChI=1S/C24H21BrN2O2S/c1-15-5-3-8-21(16(15)2)27-22(28)14-30-24(27)17-9-11-20(12-10-17)26-23(29)18-6-4-7-19(25)13-18/h3-13,24H,14H2,1-2H3,(H,26,29). The molecule has 1 unspecified atom stereocenters. The second-order valence-electron chi connectivity index (χ2n) is 7.23. The molecule has 0 bridgehead atoms. The van der Waals surface area contributed by atoms with Gasteiger partial charge in [-0.3, -0.25) is 14.5 Å². The number of nitrogens with one attached hydrogen (secondary N) is 1. The van der Waals surface area contributed by atoms with Gasteiger partial charge in [0.2, 0.25) is 5.91 Å². The van der Waals surface area contributed by atoms with E-state index >= 15 is 0 Å². The second-order valence-corrected chi connectivity index (χ2v) is 9.22. The number of carbonyl (C=O) groups is 2. The second kappa shape index (κ2) is 8.66. The molecule has 0 radical (unpaired) electrons. The topological polar surface area (TPSA) is 49.4 Å². The number of halogens is 1. The SMILES string of the molecule is Cc1cccc(N2C(=O)CSC2c2ccc(NC(=O)c3cccc(Br)c3)cc2)c1C. The van der Waals surface area contributed by atoms with Gasteiger partial charge in [-0.25, -0.2) is 0 Å². The van der Waals surface area contributed by atoms with Gasteiger partial charge in [-0.05, 0) is 66.9 Å². The van der Waals surface area contributed by atoms with Crippen molar-refractivity contribution < 1.29 is 9.59 Å². The summed E-state index contributed by atoms with van der Waals surface area (Å²) in [7, 11) is 0. The molecule has 0 aromatic heterocycles. The summed E-state index contributed by atoms with van der Waals surface area (Å²) in [4.78, 5) is 27.0. The highest BCUT2D eigenvalue weighted by atomic mass is 79.9. The fraction of sp³-hybridized carbons (Fsp3) is 0.167. The summed E-state index contributed by atoms with van der Waals surface area (Å²) < 4.78 is 0.861. The summed E-state index contributed by atoms with van der Waals surface area (Å²) in [6.07, 6.45) is 0. The predicted molar refractivity (Wildman–Crippen MR) is 127 cm³/mol. The Kier molecular flexibility index (Phi) is 5.97. The molecule has 152 valence electrons. The molecule has 1 aliphatic heterocycles. The van der Waals surface area contributed by atoms with E-state index in [-0.39, 0.29) is 17.2 Å². The summed E-state index contributed by atoms with van der Waals surface area (Å²) in [6, 6.07) is 21.1. The number of benzene rings is 3. The molecule has 0 aliphatic carbocycles. The van der Waals surface area contributed by atoms with Crippen LogP contribution in [0.1, 0.15) is 32.4 Å². The van der Waals surface area contributed by atoms with E-state index in [1.54, 1.807) is 23.9 Å². The highest BCUT2D eigenvalue weighted by Gasteiger charge is 2.34. The van der Waals surface area contributed by atoms with E-state index in [2.05, 4.69) is 41.2 Å². The lowest BCUT2D eigenvalue weighted by atomic mass is 10.1. The number of hydrogen-bond donors (Lipinski definition) is 1. The van der Waals surface area contributed by atoms with Crippen molar-refractivity contribution in [2.45, 2.75) is 19.2 Å². The first-order valence-electron chi connectivity index (χ1n) is 9.61. The van der Waals surface area contributed by atoms with E-state index in [1.165, 1.54) is 5.56 Å². The van der Waals surface area contributed by atoms with Crippen molar-refractivity contribution >= 4 is 50.9 Å². The largest absolute Gasteiger partial charge is 0.322 e. The monoisotopic (exact) mass is 480 g/mol. The van der Waals surface area contributed by atoms with Crippen LogP contribution >= 0.6 is 27.7 Å². The van der Waals surface area contributed by atoms with E-state index in [1.807, 2.05) is 53.4 Å². The number of aryl methyl sites for hydroxylation is 1. The Balaban J connectivity index is 1.55. The van der Waals surface area contributed by atoms with Crippen molar-refractivity contribution in [3.8, 4) is 0 Å². The van der Waals surface area contributed by atoms with E-state index in [0.29, 0.717) is 11.3 Å². The first-order valence-corrected chi connectivity index (χ1v) is 11.4. The number of nitrogens with zero attached hydrogens (tertiary/aromatic N) is 1. The summed E-state index contributed by atoms with van der Waals surface area (Å²) >= 11 is 5.01. The smallest absolute Gasteiger partial charge is 0.255 e. The van der Waals surface area contributed by atoms with Gasteiger partial charge < -0.3 is 5.32 Å². The number of hydrogen-bond acceptors (Lipinski definition) is 3. The number of anilines is 2. The molecule has 30 heavy (non-hydrogen) atoms. The molecule has 6 heteroatoms. The van der Waals surface area contributed by atoms with Gasteiger partial charge >= 0.3 is 0 Å². The van der Waals surface area contributed by atoms with Gasteiger partial charge in [-0.15, -0.1) is 11.8 Å². The minimum Gasteiger partial charge on any atom is -0.322 e. The number of amides is 2. The molecule has 0 spiro atoms. The molecule has 4 rings (SSSR count). The first-order chi connectivity index (χ1) is 14.4. The maximum atomic E-state index is 12.7. The molecule has 4 nitrogen and oxygen atoms in total. The molecule has 0 saturated carbocycles. The third-order valence-electron chi connectivity index (χ3n) is 5.24. The lowest BCUT2D eigenvalue weighted by Crippen LogP contribution is -2.28. The molecule has 1 fully saturated rings. The maximum absolute atomic E-state index is 12.7. The Labute approximate surface area is 188 Å². The van der Waals surface area contributed by atoms with Crippen LogP contribution in [-0.2, 0) is 4.79 Å². The van der Waals surface area contributed by atoms with Gasteiger partial charge in [0.1, 0.15) is 5.37 Å². The molecule has 1 atom stereocenters. The van der Waals surface area contributed by atoms with Gasteiger partial charge in [0.25, 0.3) is 5.91 Å². The quantitative estimate of drug-likeness (QED) is 0.490. The number of rotatable bonds is 4. The zero-order valence-electron chi connectivity index (χ0n) is 16.7. The average molecular weight is 481 g/mol. The summed E-state index contributed by atoms with van der Waals surface area (Å²) in [5.74, 6) is 0.414. The van der Waals surface area contributed by atoms with E-state index in [0.717, 1.165) is 27.0 Å². The molecule has 2 amide bonds. The van der Waals surface area contributed by atoms with E-state index in [9.17, 15) is 9.59 Å². The third-order valence-corrected chi connectivity index (χ3v) is 6.95. The molecule has 1 saturated heterocycles. The first kappa shape index (κ1) is 20.7. The van der Waals surface area contributed by atoms with Gasteiger partial charge in [-0.1, -0.05) is 46.3 Å². The Morgan fingerprint density at radius 3 is 2.53 bits per heavy atom. The summed E-state index contributed by atoms with van der Waals surface area (Å²) in [6.45, 7) is 4.11. The van der Waals surface area contributed by atoms with Crippen LogP contribution in [0.2, 0.25) is 0 Å². The van der Waals surface area contributed by atoms with Gasteiger partial charge in [0, 0.05) is 21.4 Å². The maximum Gasteiger partial charge on any atom is 0.255 e. The van der Waals surface area contributed by atoms with Crippen molar-refractivity contribution in [2.75, 3.05) is 16.0 Å². The molecular weight excluding hydrogens is 460 g/mol. The van der Waals surface area contributed by atoms with Crippen molar-refractivity contribution in [2.24, 2.45) is 0 Å². The van der Waals surface area contributed by atoms with Crippen molar-refractivity contribution in [1.82, 2.24) is 0 Å². The molecule has 3 aromatic carbocycles. The molecule has 1 aliphatic rings. The lowest BCUT2D eigenvalue weighted by Gasteiger charge is -2.26. The van der Waals surface area contributed by atoms with E-state index < -0.39 is 0 Å². The Morgan fingerprint density at radius 1 is 1.07 bits per heavy atom. The summed E-state index contributed by atoms with van der Waals surface area (Å²) in [5.41, 5.74) is 5.59. The van der Waals surface area contributed by atoms with E-state index in [4.69, 9.17) is 0 Å². The van der Waals surface area contributed by atoms with Crippen LogP contribution in [-0.4, -0.2) is 17.6 Å². The number of thioether (sulfide) groups is 1. The Hall–Kier alpha value is -2.57. The molecule has 1 heterocycles. The van der Waals surface area contributed by atoms with Crippen molar-refractivity contribution in [3.05, 3.63) is 93.5 Å². The van der Waals surface area contributed by atoms with Crippen LogP contribution in [0.15, 0.2) is 71.2 Å². The summed E-state index contributed by atoms with van der Waals surface area (Å²) in [5, 5.41) is 2.85. The van der Waals surface area contributed by atoms with Crippen LogP contribution in [0.3, 0.4) is 0 Å². The van der Waals surface area contributed by atoms with Crippen molar-refractivity contribution in [3.63, 3.8) is 0 Å². The predicted octanol–water partition coefficient (Wildman–Crippen LogP) is 6.10. The zero-order chi connectivity index (χ0) is 21.3. The minimum atomic E-state index is -0.161. The highest BCUT2D eigenvalue weighted by molar-refractivity contribution is 9.10. The van der Waals surface area contributed by atoms with Crippen LogP contribution in [0, 0.1) is 13.8 Å². The van der Waals surface area contributed by atoms with Gasteiger partial charge in [0.05, 0.1) is 5.75 Å². The van der Waals surface area contributed by atoms with Crippen LogP contribution in [0.5, 0.6) is 0 Å². The molecular formula is C24H21BrN2O2S. The van der Waals surface area contributed by atoms with Crippen LogP contribution in [0.4, 0.5) is 11.4 Å². The Bertz CT molecular complexity index is 1110. The van der Waals surface area contributed by atoms with Crippen LogP contribution in [0.25, 0.3) is 0 Å². The van der Waals surface area contributed by atoms with Crippen molar-refractivity contribution in [1.29, 1.82) is 0 Å². The molecule has 1 N–H and O–H groups in total. The zero-order valence-corrected chi connectivity index (χ0v) is 19.1. The van der Waals surface area contributed by atoms with Gasteiger partial charge in [-0.2, -0.15) is 0 Å².